The highest BCUT2D eigenvalue weighted by atomic mass is 16.3. The molecule has 33 heavy (non-hydrogen) atoms. The number of carbonyl (C=O) groups is 3. The second kappa shape index (κ2) is 9.32. The third kappa shape index (κ3) is 4.67. The van der Waals surface area contributed by atoms with Crippen LogP contribution in [0.1, 0.15) is 35.7 Å². The second-order valence-corrected chi connectivity index (χ2v) is 8.40. The van der Waals surface area contributed by atoms with Gasteiger partial charge in [-0.05, 0) is 42.0 Å². The lowest BCUT2D eigenvalue weighted by Gasteiger charge is -2.25. The van der Waals surface area contributed by atoms with Crippen molar-refractivity contribution < 1.29 is 19.5 Å². The number of rotatable bonds is 5. The molecule has 170 valence electrons. The number of amides is 3. The number of nitrogens with zero attached hydrogens (tertiary/aromatic N) is 2. The topological polar surface area (TPSA) is 90.0 Å². The summed E-state index contributed by atoms with van der Waals surface area (Å²) < 4.78 is 0. The summed E-state index contributed by atoms with van der Waals surface area (Å²) in [7, 11) is 1.72. The van der Waals surface area contributed by atoms with Gasteiger partial charge >= 0.3 is 0 Å². The fourth-order valence-corrected chi connectivity index (χ4v) is 4.22. The van der Waals surface area contributed by atoms with E-state index in [0.29, 0.717) is 37.0 Å². The standard InChI is InChI=1S/C26H27N3O4/c1-17(30)28(2)16-18-7-5-9-20(15-18)27-25(32)23-11-6-14-29(23)26(33)22-13-12-19-8-3-4-10-21(19)24(22)31/h3-5,7-10,12-13,15,23,31H,6,11,14,16H2,1-2H3,(H,27,32). The van der Waals surface area contributed by atoms with Crippen LogP contribution in [-0.2, 0) is 16.1 Å². The molecule has 0 aromatic heterocycles. The summed E-state index contributed by atoms with van der Waals surface area (Å²) in [5.41, 5.74) is 1.70. The van der Waals surface area contributed by atoms with Crippen LogP contribution in [0.5, 0.6) is 5.75 Å². The van der Waals surface area contributed by atoms with Crippen molar-refractivity contribution in [2.45, 2.75) is 32.4 Å². The lowest BCUT2D eigenvalue weighted by Crippen LogP contribution is -2.43. The molecule has 1 fully saturated rings. The third-order valence-corrected chi connectivity index (χ3v) is 6.10. The molecule has 4 rings (SSSR count). The maximum Gasteiger partial charge on any atom is 0.258 e. The number of carbonyl (C=O) groups excluding carboxylic acids is 3. The summed E-state index contributed by atoms with van der Waals surface area (Å²) in [5.74, 6) is -0.723. The van der Waals surface area contributed by atoms with Crippen LogP contribution in [-0.4, -0.2) is 52.3 Å². The number of benzene rings is 3. The minimum Gasteiger partial charge on any atom is -0.506 e. The van der Waals surface area contributed by atoms with Crippen molar-refractivity contribution >= 4 is 34.2 Å². The van der Waals surface area contributed by atoms with Crippen LogP contribution in [0.4, 0.5) is 5.69 Å². The number of hydrogen-bond acceptors (Lipinski definition) is 4. The van der Waals surface area contributed by atoms with Gasteiger partial charge in [0, 0.05) is 38.1 Å². The van der Waals surface area contributed by atoms with Gasteiger partial charge in [-0.2, -0.15) is 0 Å². The molecule has 0 bridgehead atoms. The first-order chi connectivity index (χ1) is 15.8. The average Bonchev–Trinajstić information content (AvgIpc) is 3.29. The molecule has 7 nitrogen and oxygen atoms in total. The van der Waals surface area contributed by atoms with Crippen molar-refractivity contribution in [3.63, 3.8) is 0 Å². The van der Waals surface area contributed by atoms with Crippen molar-refractivity contribution in [1.82, 2.24) is 9.80 Å². The third-order valence-electron chi connectivity index (χ3n) is 6.10. The average molecular weight is 446 g/mol. The first kappa shape index (κ1) is 22.3. The van der Waals surface area contributed by atoms with Crippen molar-refractivity contribution in [2.24, 2.45) is 0 Å². The second-order valence-electron chi connectivity index (χ2n) is 8.40. The zero-order valence-corrected chi connectivity index (χ0v) is 18.7. The Morgan fingerprint density at radius 1 is 1.09 bits per heavy atom. The van der Waals surface area contributed by atoms with Crippen molar-refractivity contribution in [3.05, 3.63) is 71.8 Å². The van der Waals surface area contributed by atoms with Gasteiger partial charge in [0.25, 0.3) is 5.91 Å². The Morgan fingerprint density at radius 2 is 1.88 bits per heavy atom. The van der Waals surface area contributed by atoms with E-state index in [9.17, 15) is 19.5 Å². The molecule has 1 saturated heterocycles. The van der Waals surface area contributed by atoms with Gasteiger partial charge in [0.15, 0.2) is 0 Å². The van der Waals surface area contributed by atoms with Gasteiger partial charge in [-0.25, -0.2) is 0 Å². The quantitative estimate of drug-likeness (QED) is 0.626. The van der Waals surface area contributed by atoms with Crippen LogP contribution in [0, 0.1) is 0 Å². The lowest BCUT2D eigenvalue weighted by atomic mass is 10.0. The van der Waals surface area contributed by atoms with E-state index in [4.69, 9.17) is 0 Å². The number of nitrogens with one attached hydrogen (secondary N) is 1. The van der Waals surface area contributed by atoms with E-state index in [1.165, 1.54) is 11.8 Å². The molecule has 0 spiro atoms. The summed E-state index contributed by atoms with van der Waals surface area (Å²) in [6.07, 6.45) is 1.26. The molecule has 0 aliphatic carbocycles. The fraction of sp³-hybridized carbons (Fsp3) is 0.269. The van der Waals surface area contributed by atoms with Gasteiger partial charge in [0.2, 0.25) is 11.8 Å². The number of anilines is 1. The molecule has 2 N–H and O–H groups in total. The van der Waals surface area contributed by atoms with E-state index in [2.05, 4.69) is 5.32 Å². The van der Waals surface area contributed by atoms with Gasteiger partial charge in [-0.15, -0.1) is 0 Å². The van der Waals surface area contributed by atoms with Crippen LogP contribution in [0.25, 0.3) is 10.8 Å². The van der Waals surface area contributed by atoms with Gasteiger partial charge < -0.3 is 20.2 Å². The van der Waals surface area contributed by atoms with Gasteiger partial charge in [-0.3, -0.25) is 14.4 Å². The molecule has 3 aromatic rings. The van der Waals surface area contributed by atoms with Gasteiger partial charge in [0.1, 0.15) is 11.8 Å². The number of aromatic hydroxyl groups is 1. The molecule has 1 heterocycles. The number of likely N-dealkylation sites (tertiary alicyclic amines) is 1. The molecule has 1 aliphatic heterocycles. The number of phenolic OH excluding ortho intramolecular Hbond substituents is 1. The maximum atomic E-state index is 13.3. The largest absolute Gasteiger partial charge is 0.506 e. The molecule has 1 atom stereocenters. The van der Waals surface area contributed by atoms with E-state index in [1.807, 2.05) is 36.4 Å². The molecule has 3 amide bonds. The number of fused-ring (bicyclic) bond motifs is 1. The van der Waals surface area contributed by atoms with Gasteiger partial charge in [-0.1, -0.05) is 42.5 Å². The van der Waals surface area contributed by atoms with E-state index in [0.717, 1.165) is 10.9 Å². The van der Waals surface area contributed by atoms with Crippen LogP contribution in [0.2, 0.25) is 0 Å². The maximum absolute atomic E-state index is 13.3. The van der Waals surface area contributed by atoms with Crippen LogP contribution < -0.4 is 5.32 Å². The summed E-state index contributed by atoms with van der Waals surface area (Å²) in [5, 5.41) is 15.1. The summed E-state index contributed by atoms with van der Waals surface area (Å²) in [4.78, 5) is 41.0. The summed E-state index contributed by atoms with van der Waals surface area (Å²) in [6.45, 7) is 2.39. The Hall–Kier alpha value is -3.87. The number of phenols is 1. The lowest BCUT2D eigenvalue weighted by molar-refractivity contribution is -0.128. The summed E-state index contributed by atoms with van der Waals surface area (Å²) in [6, 6.07) is 17.4. The van der Waals surface area contributed by atoms with E-state index < -0.39 is 6.04 Å². The SMILES string of the molecule is CC(=O)N(C)Cc1cccc(NC(=O)C2CCCN2C(=O)c2ccc3ccccc3c2O)c1. The minimum atomic E-state index is -0.619. The molecule has 0 saturated carbocycles. The van der Waals surface area contributed by atoms with Crippen LogP contribution in [0.15, 0.2) is 60.7 Å². The van der Waals surface area contributed by atoms with Gasteiger partial charge in [0.05, 0.1) is 5.56 Å². The molecule has 3 aromatic carbocycles. The number of hydrogen-bond donors (Lipinski definition) is 2. The van der Waals surface area contributed by atoms with Crippen LogP contribution >= 0.6 is 0 Å². The normalized spacial score (nSPS) is 15.5. The van der Waals surface area contributed by atoms with E-state index in [-0.39, 0.29) is 29.0 Å². The predicted octanol–water partition coefficient (Wildman–Crippen LogP) is 3.77. The Kier molecular flexibility index (Phi) is 6.31. The van der Waals surface area contributed by atoms with Crippen molar-refractivity contribution in [2.75, 3.05) is 18.9 Å². The van der Waals surface area contributed by atoms with E-state index >= 15 is 0 Å². The molecule has 0 radical (unpaired) electrons. The highest BCUT2D eigenvalue weighted by molar-refractivity contribution is 6.06. The highest BCUT2D eigenvalue weighted by Gasteiger charge is 2.35. The summed E-state index contributed by atoms with van der Waals surface area (Å²) >= 11 is 0. The Morgan fingerprint density at radius 3 is 2.67 bits per heavy atom. The van der Waals surface area contributed by atoms with Crippen molar-refractivity contribution in [1.29, 1.82) is 0 Å². The first-order valence-corrected chi connectivity index (χ1v) is 11.0. The molecule has 1 aliphatic rings. The molecule has 1 unspecified atom stereocenters. The van der Waals surface area contributed by atoms with Crippen molar-refractivity contribution in [3.8, 4) is 5.75 Å². The Balaban J connectivity index is 1.51. The van der Waals surface area contributed by atoms with E-state index in [1.54, 1.807) is 36.2 Å². The zero-order chi connectivity index (χ0) is 23.5. The highest BCUT2D eigenvalue weighted by Crippen LogP contribution is 2.31. The molecular formula is C26H27N3O4. The Labute approximate surface area is 192 Å². The molecular weight excluding hydrogens is 418 g/mol. The fourth-order valence-electron chi connectivity index (χ4n) is 4.22. The molecule has 7 heteroatoms. The predicted molar refractivity (Wildman–Crippen MR) is 127 cm³/mol. The Bertz CT molecular complexity index is 1220. The first-order valence-electron chi connectivity index (χ1n) is 11.0. The zero-order valence-electron chi connectivity index (χ0n) is 18.7. The van der Waals surface area contributed by atoms with Crippen LogP contribution in [0.3, 0.4) is 0 Å². The minimum absolute atomic E-state index is 0.0403. The smallest absolute Gasteiger partial charge is 0.258 e. The monoisotopic (exact) mass is 445 g/mol.